The highest BCUT2D eigenvalue weighted by molar-refractivity contribution is 6.01. The molecule has 0 saturated heterocycles. The molecule has 1 aliphatic rings. The summed E-state index contributed by atoms with van der Waals surface area (Å²) in [7, 11) is 1.52. The predicted molar refractivity (Wildman–Crippen MR) is 59.7 cm³/mol. The molecule has 0 spiro atoms. The van der Waals surface area contributed by atoms with Gasteiger partial charge >= 0.3 is 0 Å². The SMILES string of the molecule is CCCN1CC(=O)Nc2c(OC)ncnc21. The van der Waals surface area contributed by atoms with Crippen molar-refractivity contribution in [2.45, 2.75) is 13.3 Å². The molecule has 0 atom stereocenters. The highest BCUT2D eigenvalue weighted by Crippen LogP contribution is 2.33. The van der Waals surface area contributed by atoms with Crippen molar-refractivity contribution in [2.75, 3.05) is 30.4 Å². The zero-order valence-corrected chi connectivity index (χ0v) is 9.36. The fraction of sp³-hybridized carbons (Fsp3) is 0.500. The molecule has 0 bridgehead atoms. The first kappa shape index (κ1) is 10.7. The first-order valence-electron chi connectivity index (χ1n) is 5.20. The van der Waals surface area contributed by atoms with Gasteiger partial charge in [-0.15, -0.1) is 0 Å². The van der Waals surface area contributed by atoms with Gasteiger partial charge < -0.3 is 15.0 Å². The Bertz CT molecular complexity index is 408. The Balaban J connectivity index is 2.42. The number of hydrogen-bond acceptors (Lipinski definition) is 5. The van der Waals surface area contributed by atoms with Crippen LogP contribution in [0, 0.1) is 0 Å². The topological polar surface area (TPSA) is 67.4 Å². The quantitative estimate of drug-likeness (QED) is 0.813. The van der Waals surface area contributed by atoms with Gasteiger partial charge in [0.2, 0.25) is 11.8 Å². The highest BCUT2D eigenvalue weighted by atomic mass is 16.5. The van der Waals surface area contributed by atoms with Crippen LogP contribution in [0.25, 0.3) is 0 Å². The number of anilines is 2. The summed E-state index contributed by atoms with van der Waals surface area (Å²) in [5, 5.41) is 2.74. The number of aromatic nitrogens is 2. The number of amides is 1. The van der Waals surface area contributed by atoms with Gasteiger partial charge in [0.05, 0.1) is 13.7 Å². The van der Waals surface area contributed by atoms with Gasteiger partial charge in [0.25, 0.3) is 0 Å². The number of hydrogen-bond donors (Lipinski definition) is 1. The summed E-state index contributed by atoms with van der Waals surface area (Å²) in [6.07, 6.45) is 2.40. The molecule has 6 nitrogen and oxygen atoms in total. The molecular formula is C10H14N4O2. The first-order chi connectivity index (χ1) is 7.76. The smallest absolute Gasteiger partial charge is 0.244 e. The third-order valence-electron chi connectivity index (χ3n) is 2.38. The average molecular weight is 222 g/mol. The molecule has 0 saturated carbocycles. The Labute approximate surface area is 93.6 Å². The maximum atomic E-state index is 11.5. The lowest BCUT2D eigenvalue weighted by molar-refractivity contribution is -0.115. The molecule has 2 heterocycles. The molecule has 1 N–H and O–H groups in total. The van der Waals surface area contributed by atoms with Crippen molar-refractivity contribution < 1.29 is 9.53 Å². The van der Waals surface area contributed by atoms with E-state index in [1.807, 2.05) is 4.90 Å². The standard InChI is InChI=1S/C10H14N4O2/c1-3-4-14-5-7(15)13-8-9(14)11-6-12-10(8)16-2/h6H,3-5H2,1-2H3,(H,13,15). The summed E-state index contributed by atoms with van der Waals surface area (Å²) in [4.78, 5) is 21.6. The minimum atomic E-state index is -0.0611. The number of carbonyl (C=O) groups excluding carboxylic acids is 1. The molecule has 0 radical (unpaired) electrons. The fourth-order valence-corrected chi connectivity index (χ4v) is 1.75. The Morgan fingerprint density at radius 1 is 1.56 bits per heavy atom. The number of methoxy groups -OCH3 is 1. The van der Waals surface area contributed by atoms with Crippen LogP contribution < -0.4 is 15.0 Å². The van der Waals surface area contributed by atoms with Gasteiger partial charge in [0.15, 0.2) is 5.82 Å². The molecule has 0 aliphatic carbocycles. The van der Waals surface area contributed by atoms with Crippen molar-refractivity contribution in [3.05, 3.63) is 6.33 Å². The van der Waals surface area contributed by atoms with Crippen molar-refractivity contribution in [1.82, 2.24) is 9.97 Å². The lowest BCUT2D eigenvalue weighted by Gasteiger charge is -2.29. The summed E-state index contributed by atoms with van der Waals surface area (Å²) in [5.41, 5.74) is 0.565. The lowest BCUT2D eigenvalue weighted by atomic mass is 10.3. The van der Waals surface area contributed by atoms with E-state index in [0.29, 0.717) is 18.1 Å². The zero-order chi connectivity index (χ0) is 11.5. The second-order valence-corrected chi connectivity index (χ2v) is 3.55. The van der Waals surface area contributed by atoms with Crippen LogP contribution in [-0.2, 0) is 4.79 Å². The average Bonchev–Trinajstić information content (AvgIpc) is 2.28. The van der Waals surface area contributed by atoms with Gasteiger partial charge in [-0.1, -0.05) is 6.92 Å². The Morgan fingerprint density at radius 2 is 2.38 bits per heavy atom. The summed E-state index contributed by atoms with van der Waals surface area (Å²) in [5.74, 6) is 1.07. The minimum absolute atomic E-state index is 0.0611. The maximum absolute atomic E-state index is 11.5. The molecule has 6 heteroatoms. The van der Waals surface area contributed by atoms with Crippen LogP contribution in [-0.4, -0.2) is 36.1 Å². The lowest BCUT2D eigenvalue weighted by Crippen LogP contribution is -2.39. The van der Waals surface area contributed by atoms with Crippen molar-refractivity contribution in [2.24, 2.45) is 0 Å². The van der Waals surface area contributed by atoms with Gasteiger partial charge in [0, 0.05) is 6.54 Å². The molecule has 1 aromatic heterocycles. The van der Waals surface area contributed by atoms with E-state index in [1.165, 1.54) is 13.4 Å². The molecule has 0 aromatic carbocycles. The summed E-state index contributed by atoms with van der Waals surface area (Å²) in [6.45, 7) is 3.19. The molecular weight excluding hydrogens is 208 g/mol. The van der Waals surface area contributed by atoms with E-state index in [1.54, 1.807) is 0 Å². The Morgan fingerprint density at radius 3 is 3.06 bits per heavy atom. The normalized spacial score (nSPS) is 14.4. The maximum Gasteiger partial charge on any atom is 0.244 e. The van der Waals surface area contributed by atoms with E-state index >= 15 is 0 Å². The van der Waals surface area contributed by atoms with Crippen molar-refractivity contribution in [1.29, 1.82) is 0 Å². The number of nitrogens with one attached hydrogen (secondary N) is 1. The van der Waals surface area contributed by atoms with E-state index in [4.69, 9.17) is 4.74 Å². The van der Waals surface area contributed by atoms with Gasteiger partial charge in [0.1, 0.15) is 12.0 Å². The van der Waals surface area contributed by atoms with E-state index in [-0.39, 0.29) is 5.91 Å². The molecule has 86 valence electrons. The van der Waals surface area contributed by atoms with Crippen LogP contribution >= 0.6 is 0 Å². The monoisotopic (exact) mass is 222 g/mol. The number of nitrogens with zero attached hydrogens (tertiary/aromatic N) is 3. The molecule has 1 amide bonds. The Kier molecular flexibility index (Phi) is 2.89. The molecule has 0 fully saturated rings. The zero-order valence-electron chi connectivity index (χ0n) is 9.36. The largest absolute Gasteiger partial charge is 0.479 e. The van der Waals surface area contributed by atoms with Crippen LogP contribution in [0.2, 0.25) is 0 Å². The van der Waals surface area contributed by atoms with E-state index in [2.05, 4.69) is 22.2 Å². The number of carbonyl (C=O) groups is 1. The minimum Gasteiger partial charge on any atom is -0.479 e. The first-order valence-corrected chi connectivity index (χ1v) is 5.20. The third kappa shape index (κ3) is 1.78. The van der Waals surface area contributed by atoms with Gasteiger partial charge in [-0.3, -0.25) is 4.79 Å². The molecule has 2 rings (SSSR count). The van der Waals surface area contributed by atoms with E-state index in [9.17, 15) is 4.79 Å². The van der Waals surface area contributed by atoms with Crippen molar-refractivity contribution >= 4 is 17.4 Å². The van der Waals surface area contributed by atoms with Gasteiger partial charge in [-0.2, -0.15) is 4.98 Å². The molecule has 0 unspecified atom stereocenters. The predicted octanol–water partition coefficient (Wildman–Crippen LogP) is 0.654. The van der Waals surface area contributed by atoms with Crippen LogP contribution in [0.5, 0.6) is 5.88 Å². The van der Waals surface area contributed by atoms with Gasteiger partial charge in [-0.25, -0.2) is 4.98 Å². The molecule has 1 aliphatic heterocycles. The highest BCUT2D eigenvalue weighted by Gasteiger charge is 2.26. The van der Waals surface area contributed by atoms with E-state index < -0.39 is 0 Å². The number of rotatable bonds is 3. The number of ether oxygens (including phenoxy) is 1. The van der Waals surface area contributed by atoms with Crippen molar-refractivity contribution in [3.8, 4) is 5.88 Å². The van der Waals surface area contributed by atoms with E-state index in [0.717, 1.165) is 18.8 Å². The van der Waals surface area contributed by atoms with Crippen LogP contribution in [0.1, 0.15) is 13.3 Å². The summed E-state index contributed by atoms with van der Waals surface area (Å²) < 4.78 is 5.09. The number of fused-ring (bicyclic) bond motifs is 1. The second kappa shape index (κ2) is 4.34. The van der Waals surface area contributed by atoms with Crippen LogP contribution in [0.3, 0.4) is 0 Å². The van der Waals surface area contributed by atoms with Crippen molar-refractivity contribution in [3.63, 3.8) is 0 Å². The summed E-state index contributed by atoms with van der Waals surface area (Å²) in [6, 6.07) is 0. The third-order valence-corrected chi connectivity index (χ3v) is 2.38. The molecule has 1 aromatic rings. The summed E-state index contributed by atoms with van der Waals surface area (Å²) >= 11 is 0. The Hall–Kier alpha value is -1.85. The van der Waals surface area contributed by atoms with Crippen LogP contribution in [0.4, 0.5) is 11.5 Å². The van der Waals surface area contributed by atoms with Crippen LogP contribution in [0.15, 0.2) is 6.33 Å². The second-order valence-electron chi connectivity index (χ2n) is 3.55. The van der Waals surface area contributed by atoms with Gasteiger partial charge in [-0.05, 0) is 6.42 Å². The fourth-order valence-electron chi connectivity index (χ4n) is 1.75. The molecule has 16 heavy (non-hydrogen) atoms.